The van der Waals surface area contributed by atoms with Crippen LogP contribution in [0.1, 0.15) is 41.0 Å². The molecule has 2 aromatic carbocycles. The lowest BCUT2D eigenvalue weighted by molar-refractivity contribution is -0.0514. The number of aromatic nitrogens is 1. The Kier molecular flexibility index (Phi) is 6.55. The largest absolute Gasteiger partial charge is 0.490 e. The van der Waals surface area contributed by atoms with E-state index in [9.17, 15) is 18.7 Å². The average Bonchev–Trinajstić information content (AvgIpc) is 2.78. The van der Waals surface area contributed by atoms with E-state index in [1.165, 1.54) is 6.07 Å². The number of hydrogen-bond acceptors (Lipinski definition) is 5. The first kappa shape index (κ1) is 22.7. The zero-order valence-electron chi connectivity index (χ0n) is 18.3. The Hall–Kier alpha value is -3.52. The molecule has 1 aliphatic rings. The second kappa shape index (κ2) is 9.54. The maximum atomic E-state index is 12.7. The van der Waals surface area contributed by atoms with Crippen LogP contribution in [0.15, 0.2) is 42.5 Å². The van der Waals surface area contributed by atoms with Crippen molar-refractivity contribution >= 4 is 28.5 Å². The Morgan fingerprint density at radius 1 is 1.18 bits per heavy atom. The fourth-order valence-corrected chi connectivity index (χ4v) is 4.13. The number of rotatable bonds is 7. The fraction of sp³-hybridized carbons (Fsp3) is 0.280. The Morgan fingerprint density at radius 2 is 1.97 bits per heavy atom. The van der Waals surface area contributed by atoms with Crippen molar-refractivity contribution in [3.63, 3.8) is 0 Å². The quantitative estimate of drug-likeness (QED) is 0.522. The third kappa shape index (κ3) is 4.66. The first-order valence-electron chi connectivity index (χ1n) is 10.7. The second-order valence-electron chi connectivity index (χ2n) is 7.63. The smallest absolute Gasteiger partial charge is 0.387 e. The molecule has 1 aliphatic heterocycles. The number of ether oxygens (including phenoxy) is 2. The van der Waals surface area contributed by atoms with Gasteiger partial charge in [0.15, 0.2) is 11.5 Å². The van der Waals surface area contributed by atoms with Crippen molar-refractivity contribution in [3.05, 3.63) is 64.8 Å². The Bertz CT molecular complexity index is 1230. The number of para-hydroxylation sites is 1. The molecule has 1 aromatic heterocycles. The van der Waals surface area contributed by atoms with Gasteiger partial charge >= 0.3 is 12.6 Å². The number of carbonyl (C=O) groups is 1. The molecule has 1 N–H and O–H groups in total. The standard InChI is InChI=1S/C25H24F2N2O4/c1-3-29-13-16(11-15-9-10-20(33-25(26)27)21(12-15)32-4-2)23-18(14-29)22(24(30)31)17-7-5-6-8-19(17)28-23/h5-12,25H,3-4,13-14H2,1-2H3,(H,30,31). The molecule has 0 saturated carbocycles. The molecule has 0 saturated heterocycles. The lowest BCUT2D eigenvalue weighted by atomic mass is 9.92. The molecule has 8 heteroatoms. The van der Waals surface area contributed by atoms with Crippen LogP contribution < -0.4 is 9.47 Å². The van der Waals surface area contributed by atoms with E-state index in [2.05, 4.69) is 9.64 Å². The van der Waals surface area contributed by atoms with E-state index in [1.54, 1.807) is 37.3 Å². The third-order valence-electron chi connectivity index (χ3n) is 5.56. The number of hydrogen-bond donors (Lipinski definition) is 1. The molecule has 33 heavy (non-hydrogen) atoms. The van der Waals surface area contributed by atoms with Gasteiger partial charge < -0.3 is 14.6 Å². The number of carboxylic acid groups (broad SMARTS) is 1. The van der Waals surface area contributed by atoms with Crippen molar-refractivity contribution in [2.24, 2.45) is 0 Å². The maximum absolute atomic E-state index is 12.7. The average molecular weight is 454 g/mol. The van der Waals surface area contributed by atoms with E-state index in [0.29, 0.717) is 47.4 Å². The minimum atomic E-state index is -2.95. The first-order chi connectivity index (χ1) is 15.9. The van der Waals surface area contributed by atoms with Crippen LogP contribution in [0.3, 0.4) is 0 Å². The number of aromatic carboxylic acids is 1. The van der Waals surface area contributed by atoms with E-state index in [1.807, 2.05) is 19.1 Å². The minimum absolute atomic E-state index is 0.0366. The number of halogens is 2. The first-order valence-corrected chi connectivity index (χ1v) is 10.7. The van der Waals surface area contributed by atoms with Crippen LogP contribution in [0, 0.1) is 0 Å². The molecule has 2 heterocycles. The molecular formula is C25H24F2N2O4. The summed E-state index contributed by atoms with van der Waals surface area (Å²) in [6.45, 7) is 2.90. The Morgan fingerprint density at radius 3 is 2.67 bits per heavy atom. The van der Waals surface area contributed by atoms with E-state index < -0.39 is 12.6 Å². The molecule has 4 rings (SSSR count). The predicted molar refractivity (Wildman–Crippen MR) is 122 cm³/mol. The summed E-state index contributed by atoms with van der Waals surface area (Å²) < 4.78 is 35.5. The Labute approximate surface area is 190 Å². The number of pyridine rings is 1. The number of carboxylic acids is 1. The molecule has 172 valence electrons. The maximum Gasteiger partial charge on any atom is 0.387 e. The molecule has 0 bridgehead atoms. The van der Waals surface area contributed by atoms with Crippen LogP contribution in [-0.2, 0) is 6.54 Å². The molecule has 0 atom stereocenters. The van der Waals surface area contributed by atoms with Crippen molar-refractivity contribution in [3.8, 4) is 11.5 Å². The van der Waals surface area contributed by atoms with Gasteiger partial charge in [0, 0.05) is 24.0 Å². The zero-order valence-corrected chi connectivity index (χ0v) is 18.3. The molecule has 0 fully saturated rings. The monoisotopic (exact) mass is 454 g/mol. The van der Waals surface area contributed by atoms with Crippen molar-refractivity contribution < 1.29 is 28.2 Å². The van der Waals surface area contributed by atoms with Crippen molar-refractivity contribution in [1.29, 1.82) is 0 Å². The zero-order chi connectivity index (χ0) is 23.5. The number of likely N-dealkylation sites (N-methyl/N-ethyl adjacent to an activating group) is 1. The van der Waals surface area contributed by atoms with E-state index >= 15 is 0 Å². The minimum Gasteiger partial charge on any atom is -0.490 e. The van der Waals surface area contributed by atoms with Gasteiger partial charge in [-0.15, -0.1) is 0 Å². The van der Waals surface area contributed by atoms with Gasteiger partial charge in [0.1, 0.15) is 0 Å². The Balaban J connectivity index is 1.87. The normalized spacial score (nSPS) is 15.1. The molecule has 0 amide bonds. The number of nitrogens with zero attached hydrogens (tertiary/aromatic N) is 2. The lowest BCUT2D eigenvalue weighted by Gasteiger charge is -2.30. The van der Waals surface area contributed by atoms with E-state index in [4.69, 9.17) is 9.72 Å². The molecule has 0 unspecified atom stereocenters. The fourth-order valence-electron chi connectivity index (χ4n) is 4.13. The number of fused-ring (bicyclic) bond motifs is 2. The van der Waals surface area contributed by atoms with Gasteiger partial charge in [-0.2, -0.15) is 8.78 Å². The molecule has 0 radical (unpaired) electrons. The van der Waals surface area contributed by atoms with Gasteiger partial charge in [0.2, 0.25) is 0 Å². The van der Waals surface area contributed by atoms with Crippen LogP contribution in [0.5, 0.6) is 11.5 Å². The SMILES string of the molecule is CCOc1cc(C=C2CN(CC)Cc3c2nc2ccccc2c3C(=O)O)ccc1OC(F)F. The molecule has 0 spiro atoms. The highest BCUT2D eigenvalue weighted by Gasteiger charge is 2.28. The van der Waals surface area contributed by atoms with Gasteiger partial charge in [-0.25, -0.2) is 9.78 Å². The summed E-state index contributed by atoms with van der Waals surface area (Å²) in [5.41, 5.74) is 3.74. The summed E-state index contributed by atoms with van der Waals surface area (Å²) in [6, 6.07) is 12.0. The summed E-state index contributed by atoms with van der Waals surface area (Å²) in [7, 11) is 0. The number of benzene rings is 2. The second-order valence-corrected chi connectivity index (χ2v) is 7.63. The van der Waals surface area contributed by atoms with E-state index in [-0.39, 0.29) is 17.1 Å². The summed E-state index contributed by atoms with van der Waals surface area (Å²) in [4.78, 5) is 19.2. The topological polar surface area (TPSA) is 71.9 Å². The molecular weight excluding hydrogens is 430 g/mol. The highest BCUT2D eigenvalue weighted by Crippen LogP contribution is 2.36. The molecule has 3 aromatic rings. The van der Waals surface area contributed by atoms with Gasteiger partial charge in [-0.1, -0.05) is 31.2 Å². The highest BCUT2D eigenvalue weighted by molar-refractivity contribution is 6.06. The lowest BCUT2D eigenvalue weighted by Crippen LogP contribution is -2.31. The van der Waals surface area contributed by atoms with Crippen molar-refractivity contribution in [1.82, 2.24) is 9.88 Å². The summed E-state index contributed by atoms with van der Waals surface area (Å²) in [5, 5.41) is 10.6. The molecule has 0 aliphatic carbocycles. The highest BCUT2D eigenvalue weighted by atomic mass is 19.3. The number of alkyl halides is 2. The van der Waals surface area contributed by atoms with Crippen molar-refractivity contribution in [2.45, 2.75) is 27.0 Å². The third-order valence-corrected chi connectivity index (χ3v) is 5.56. The summed E-state index contributed by atoms with van der Waals surface area (Å²) >= 11 is 0. The van der Waals surface area contributed by atoms with Gasteiger partial charge in [0.25, 0.3) is 0 Å². The van der Waals surface area contributed by atoms with Gasteiger partial charge in [-0.05, 0) is 48.9 Å². The summed E-state index contributed by atoms with van der Waals surface area (Å²) in [5.74, 6) is -0.812. The van der Waals surface area contributed by atoms with Crippen LogP contribution in [0.2, 0.25) is 0 Å². The van der Waals surface area contributed by atoms with Crippen LogP contribution in [0.4, 0.5) is 8.78 Å². The van der Waals surface area contributed by atoms with Crippen molar-refractivity contribution in [2.75, 3.05) is 19.7 Å². The van der Waals surface area contributed by atoms with Gasteiger partial charge in [-0.3, -0.25) is 4.90 Å². The van der Waals surface area contributed by atoms with E-state index in [0.717, 1.165) is 12.1 Å². The molecule has 6 nitrogen and oxygen atoms in total. The van der Waals surface area contributed by atoms with Crippen LogP contribution in [-0.4, -0.2) is 47.3 Å². The summed E-state index contributed by atoms with van der Waals surface area (Å²) in [6.07, 6.45) is 1.89. The van der Waals surface area contributed by atoms with Crippen LogP contribution >= 0.6 is 0 Å². The van der Waals surface area contributed by atoms with Gasteiger partial charge in [0.05, 0.1) is 23.4 Å². The predicted octanol–water partition coefficient (Wildman–Crippen LogP) is 5.31. The van der Waals surface area contributed by atoms with Crippen LogP contribution in [0.25, 0.3) is 22.6 Å².